The largest absolute Gasteiger partial charge is 0.465 e. The molecule has 0 aliphatic carbocycles. The number of aromatic nitrogens is 1. The molecule has 0 aliphatic rings. The molecule has 0 aliphatic heterocycles. The Morgan fingerprint density at radius 3 is 1.08 bits per heavy atom. The van der Waals surface area contributed by atoms with Gasteiger partial charge >= 0.3 is 5.97 Å². The third kappa shape index (κ3) is 7.37. The third-order valence-corrected chi connectivity index (χ3v) is 10.9. The summed E-state index contributed by atoms with van der Waals surface area (Å²) < 4.78 is 302. The smallest absolute Gasteiger partial charge is 0.338 e. The molecule has 340 valence electrons. The minimum atomic E-state index is -7.22. The fourth-order valence-corrected chi connectivity index (χ4v) is 8.01. The first-order valence-corrected chi connectivity index (χ1v) is 18.1. The summed E-state index contributed by atoms with van der Waals surface area (Å²) in [6, 6.07) is 15.8. The van der Waals surface area contributed by atoms with Crippen molar-refractivity contribution in [2.75, 3.05) is 7.11 Å². The van der Waals surface area contributed by atoms with E-state index in [-0.39, 0.29) is 5.97 Å². The van der Waals surface area contributed by atoms with E-state index in [9.17, 15) is 57.5 Å². The normalized spacial score (nSPS) is 11.6. The van der Waals surface area contributed by atoms with Crippen molar-refractivity contribution in [3.05, 3.63) is 182 Å². The fourth-order valence-electron chi connectivity index (χ4n) is 7.12. The van der Waals surface area contributed by atoms with Gasteiger partial charge in [0.2, 0.25) is 11.0 Å². The fraction of sp³-hybridized carbons (Fsp3) is 0.0500. The molecule has 3 nitrogen and oxygen atoms in total. The van der Waals surface area contributed by atoms with Gasteiger partial charge in [-0.1, -0.05) is 41.7 Å². The van der Waals surface area contributed by atoms with Crippen LogP contribution in [0.4, 0.5) is 87.8 Å². The number of carbonyl (C=O) groups is 1. The molecule has 0 N–H and O–H groups in total. The number of esters is 1. The third-order valence-electron chi connectivity index (χ3n) is 9.95. The highest BCUT2D eigenvalue weighted by atomic mass is 32.1. The highest BCUT2D eigenvalue weighted by Gasteiger charge is 2.52. The minimum absolute atomic E-state index is 0.291. The lowest BCUT2D eigenvalue weighted by Crippen LogP contribution is -2.81. The maximum Gasteiger partial charge on any atom is 0.338 e. The van der Waals surface area contributed by atoms with E-state index in [0.717, 1.165) is 5.56 Å². The summed E-state index contributed by atoms with van der Waals surface area (Å²) in [4.78, 5) is 11.8. The van der Waals surface area contributed by atoms with Gasteiger partial charge in [0.1, 0.15) is 57.4 Å². The van der Waals surface area contributed by atoms with Crippen LogP contribution < -0.4 is 26.4 Å². The number of hydrogen-bond donors (Lipinski definition) is 0. The van der Waals surface area contributed by atoms with Crippen molar-refractivity contribution in [2.24, 2.45) is 0 Å². The summed E-state index contributed by atoms with van der Waals surface area (Å²) in [5, 5.41) is 0. The molecule has 1 heterocycles. The van der Waals surface area contributed by atoms with E-state index in [0.29, 0.717) is 12.1 Å². The highest BCUT2D eigenvalue weighted by molar-refractivity contribution is 7.20. The van der Waals surface area contributed by atoms with E-state index in [2.05, 4.69) is 22.2 Å². The molecule has 0 fully saturated rings. The van der Waals surface area contributed by atoms with Gasteiger partial charge in [0.05, 0.1) is 12.7 Å². The first-order chi connectivity index (χ1) is 30.5. The zero-order chi connectivity index (χ0) is 48.3. The summed E-state index contributed by atoms with van der Waals surface area (Å²) in [5.74, 6) is -71.7. The number of rotatable bonds is 7. The Bertz CT molecular complexity index is 2720. The Hall–Kier alpha value is -6.66. The van der Waals surface area contributed by atoms with E-state index < -0.39 is 144 Å². The Labute approximate surface area is 352 Å². The van der Waals surface area contributed by atoms with Crippen LogP contribution in [0.1, 0.15) is 15.9 Å². The van der Waals surface area contributed by atoms with E-state index in [1.807, 2.05) is 30.3 Å². The van der Waals surface area contributed by atoms with Crippen molar-refractivity contribution in [1.29, 1.82) is 0 Å². The van der Waals surface area contributed by atoms with Crippen LogP contribution in [0.25, 0.3) is 10.2 Å². The molecule has 0 spiro atoms. The number of ether oxygens (including phenoxy) is 1. The zero-order valence-corrected chi connectivity index (χ0v) is 32.0. The molecule has 65 heavy (non-hydrogen) atoms. The lowest BCUT2D eigenvalue weighted by atomic mass is 9.12. The van der Waals surface area contributed by atoms with E-state index in [1.54, 1.807) is 17.4 Å². The quantitative estimate of drug-likeness (QED) is 0.0400. The van der Waals surface area contributed by atoms with Crippen molar-refractivity contribution in [3.8, 4) is 0 Å². The molecule has 0 bridgehead atoms. The van der Waals surface area contributed by atoms with Crippen LogP contribution >= 0.6 is 11.3 Å². The molecule has 1 aromatic heterocycles. The number of nitrogens with zero attached hydrogens (tertiary/aromatic N) is 1. The first-order valence-electron chi connectivity index (χ1n) is 17.2. The lowest BCUT2D eigenvalue weighted by molar-refractivity contribution is -0.658. The van der Waals surface area contributed by atoms with Crippen molar-refractivity contribution >= 4 is 55.5 Å². The van der Waals surface area contributed by atoms with Crippen LogP contribution in [0.15, 0.2) is 54.0 Å². The number of carbonyl (C=O) groups excluding carboxylic acids is 1. The van der Waals surface area contributed by atoms with Crippen LogP contribution in [0.5, 0.6) is 0 Å². The van der Waals surface area contributed by atoms with Crippen molar-refractivity contribution < 1.29 is 102 Å². The van der Waals surface area contributed by atoms with Crippen LogP contribution in [0.3, 0.4) is 0 Å². The summed E-state index contributed by atoms with van der Waals surface area (Å²) in [5.41, 5.74) is -9.48. The molecule has 0 saturated heterocycles. The second-order valence-electron chi connectivity index (χ2n) is 13.3. The van der Waals surface area contributed by atoms with Crippen molar-refractivity contribution in [1.82, 2.24) is 0 Å². The van der Waals surface area contributed by atoms with Gasteiger partial charge in [0.25, 0.3) is 0 Å². The lowest BCUT2D eigenvalue weighted by Gasteiger charge is -2.44. The average molecular weight is 963 g/mol. The van der Waals surface area contributed by atoms with Gasteiger partial charge in [-0.05, 0) is 12.1 Å². The number of thiazole rings is 1. The van der Waals surface area contributed by atoms with Crippen LogP contribution in [0.2, 0.25) is 0 Å². The molecule has 6 aromatic carbocycles. The highest BCUT2D eigenvalue weighted by Crippen LogP contribution is 2.31. The standard InChI is InChI=1S/C24BF20.C16H14NO2S/c26-5-1(6(27)14(35)21(42)13(5)34)25(2-7(28)15(36)22(43)16(37)8(2)29,3-9(30)17(38)23(44)18(39)10(3)31)4-11(32)19(40)24(45)20(41)12(4)33;1-19-16(18)13-7-3-2-6-12(13)10-17-11-20-15-9-5-4-8-14(15)17/h;2-9,11H,10H2,1H3/q-1;+1. The predicted octanol–water partition coefficient (Wildman–Crippen LogP) is 8.87. The molecular weight excluding hydrogens is 949 g/mol. The Kier molecular flexibility index (Phi) is 13.0. The average Bonchev–Trinajstić information content (AvgIpc) is 3.71. The maximum absolute atomic E-state index is 15.4. The van der Waals surface area contributed by atoms with Gasteiger partial charge in [-0.15, -0.1) is 21.9 Å². The molecule has 0 atom stereocenters. The van der Waals surface area contributed by atoms with Gasteiger partial charge in [-0.3, -0.25) is 0 Å². The summed E-state index contributed by atoms with van der Waals surface area (Å²) >= 11 is 1.70. The number of methoxy groups -OCH3 is 1. The molecule has 7 rings (SSSR count). The Morgan fingerprint density at radius 1 is 0.446 bits per heavy atom. The summed E-state index contributed by atoms with van der Waals surface area (Å²) in [7, 11) is 1.41. The van der Waals surface area contributed by atoms with E-state index in [4.69, 9.17) is 4.74 Å². The Balaban J connectivity index is 0.000000289. The molecule has 0 amide bonds. The monoisotopic (exact) mass is 963 g/mol. The minimum Gasteiger partial charge on any atom is -0.465 e. The second kappa shape index (κ2) is 17.7. The molecular formula is C40H14BF20NO2S. The van der Waals surface area contributed by atoms with Crippen molar-refractivity contribution in [3.63, 3.8) is 0 Å². The first kappa shape index (κ1) is 47.8. The number of hydrogen-bond acceptors (Lipinski definition) is 3. The molecule has 25 heteroatoms. The van der Waals surface area contributed by atoms with Gasteiger partial charge in [-0.25, -0.2) is 92.6 Å². The van der Waals surface area contributed by atoms with Crippen molar-refractivity contribution in [2.45, 2.75) is 6.54 Å². The van der Waals surface area contributed by atoms with Gasteiger partial charge in [-0.2, -0.15) is 4.57 Å². The van der Waals surface area contributed by atoms with Gasteiger partial charge in [0.15, 0.2) is 76.4 Å². The topological polar surface area (TPSA) is 30.2 Å². The maximum atomic E-state index is 15.4. The second-order valence-corrected chi connectivity index (χ2v) is 14.2. The SMILES string of the molecule is COC(=O)c1ccccc1C[n+]1csc2ccccc21.Fc1c(F)c(F)c([B-](c2c(F)c(F)c(F)c(F)c2F)(c2c(F)c(F)c(F)c(F)c2F)c2c(F)c(F)c(F)c(F)c2F)c(F)c1F. The molecule has 7 aromatic rings. The van der Waals surface area contributed by atoms with Gasteiger partial charge < -0.3 is 4.74 Å². The zero-order valence-electron chi connectivity index (χ0n) is 31.2. The number of halogens is 20. The van der Waals surface area contributed by atoms with Gasteiger partial charge in [0, 0.05) is 11.6 Å². The molecule has 0 radical (unpaired) electrons. The van der Waals surface area contributed by atoms with Crippen LogP contribution in [0, 0.1) is 116 Å². The van der Waals surface area contributed by atoms with E-state index in [1.165, 1.54) is 17.3 Å². The summed E-state index contributed by atoms with van der Waals surface area (Å²) in [6.45, 7) is 0.662. The Morgan fingerprint density at radius 2 is 0.738 bits per heavy atom. The number of para-hydroxylation sites is 1. The van der Waals surface area contributed by atoms with Crippen LogP contribution in [-0.2, 0) is 11.3 Å². The van der Waals surface area contributed by atoms with E-state index >= 15 is 35.1 Å². The van der Waals surface area contributed by atoms with Crippen LogP contribution in [-0.4, -0.2) is 19.2 Å². The molecule has 0 unspecified atom stereocenters. The number of benzene rings is 6. The predicted molar refractivity (Wildman–Crippen MR) is 188 cm³/mol. The summed E-state index contributed by atoms with van der Waals surface area (Å²) in [6.07, 6.45) is -7.22. The number of fused-ring (bicyclic) bond motifs is 1. The molecule has 0 saturated carbocycles.